The summed E-state index contributed by atoms with van der Waals surface area (Å²) in [6.07, 6.45) is 7.67. The van der Waals surface area contributed by atoms with Gasteiger partial charge in [0, 0.05) is 35.2 Å². The number of aryl methyl sites for hydroxylation is 1. The molecule has 0 radical (unpaired) electrons. The van der Waals surface area contributed by atoms with Crippen LogP contribution in [-0.2, 0) is 0 Å². The fourth-order valence-electron chi connectivity index (χ4n) is 2.95. The van der Waals surface area contributed by atoms with Crippen LogP contribution in [0.2, 0.25) is 0 Å². The summed E-state index contributed by atoms with van der Waals surface area (Å²) in [5.74, 6) is 1.06. The van der Waals surface area contributed by atoms with Crippen molar-refractivity contribution in [2.24, 2.45) is 0 Å². The molecule has 1 fully saturated rings. The van der Waals surface area contributed by atoms with Gasteiger partial charge in [0.25, 0.3) is 0 Å². The van der Waals surface area contributed by atoms with Gasteiger partial charge in [0.2, 0.25) is 0 Å². The van der Waals surface area contributed by atoms with Gasteiger partial charge >= 0.3 is 6.01 Å². The molecule has 1 aliphatic rings. The van der Waals surface area contributed by atoms with Crippen molar-refractivity contribution in [2.45, 2.75) is 25.9 Å². The van der Waals surface area contributed by atoms with Crippen LogP contribution in [0.25, 0.3) is 10.1 Å². The number of thiophene rings is 1. The third kappa shape index (κ3) is 2.99. The largest absolute Gasteiger partial charge is 0.458 e. The van der Waals surface area contributed by atoms with Crippen LogP contribution < -0.4 is 9.64 Å². The van der Waals surface area contributed by atoms with E-state index in [9.17, 15) is 0 Å². The highest BCUT2D eigenvalue weighted by molar-refractivity contribution is 7.17. The summed E-state index contributed by atoms with van der Waals surface area (Å²) in [7, 11) is 0. The van der Waals surface area contributed by atoms with Gasteiger partial charge in [0.05, 0.1) is 6.54 Å². The van der Waals surface area contributed by atoms with Crippen molar-refractivity contribution in [3.63, 3.8) is 0 Å². The fraction of sp³-hybridized carbons (Fsp3) is 0.353. The Morgan fingerprint density at radius 3 is 2.96 bits per heavy atom. The van der Waals surface area contributed by atoms with Gasteiger partial charge < -0.3 is 9.64 Å². The second-order valence-electron chi connectivity index (χ2n) is 5.84. The molecule has 4 rings (SSSR count). The number of fused-ring (bicyclic) bond motifs is 1. The zero-order valence-corrected chi connectivity index (χ0v) is 13.8. The fourth-order valence-corrected chi connectivity index (χ4v) is 3.73. The van der Waals surface area contributed by atoms with Crippen molar-refractivity contribution >= 4 is 27.2 Å². The van der Waals surface area contributed by atoms with Crippen molar-refractivity contribution in [2.75, 3.05) is 18.0 Å². The number of aromatic nitrogens is 3. The molecule has 118 valence electrons. The summed E-state index contributed by atoms with van der Waals surface area (Å²) in [6, 6.07) is 4.68. The second kappa shape index (κ2) is 6.12. The molecule has 1 atom stereocenters. The van der Waals surface area contributed by atoms with E-state index in [1.165, 1.54) is 10.1 Å². The molecular formula is C17H18N4OS. The number of ether oxygens (including phenoxy) is 1. The first-order valence-corrected chi connectivity index (χ1v) is 8.70. The van der Waals surface area contributed by atoms with Gasteiger partial charge in [-0.1, -0.05) is 0 Å². The first-order chi connectivity index (χ1) is 11.3. The van der Waals surface area contributed by atoms with Crippen LogP contribution in [0, 0.1) is 6.92 Å². The molecule has 3 aromatic rings. The van der Waals surface area contributed by atoms with Crippen LogP contribution in [-0.4, -0.2) is 34.1 Å². The van der Waals surface area contributed by atoms with Crippen molar-refractivity contribution in [1.29, 1.82) is 0 Å². The van der Waals surface area contributed by atoms with Crippen LogP contribution in [0.3, 0.4) is 0 Å². The van der Waals surface area contributed by atoms with E-state index < -0.39 is 0 Å². The number of rotatable bonds is 3. The van der Waals surface area contributed by atoms with Gasteiger partial charge in [0.1, 0.15) is 11.9 Å². The lowest BCUT2D eigenvalue weighted by Gasteiger charge is -2.33. The molecule has 6 heteroatoms. The van der Waals surface area contributed by atoms with Crippen molar-refractivity contribution in [1.82, 2.24) is 15.0 Å². The first kappa shape index (κ1) is 14.4. The Labute approximate surface area is 139 Å². The molecule has 0 saturated carbocycles. The zero-order chi connectivity index (χ0) is 15.6. The summed E-state index contributed by atoms with van der Waals surface area (Å²) in [4.78, 5) is 15.4. The van der Waals surface area contributed by atoms with Crippen LogP contribution in [0.4, 0.5) is 5.82 Å². The first-order valence-electron chi connectivity index (χ1n) is 7.82. The molecule has 1 saturated heterocycles. The molecule has 1 unspecified atom stereocenters. The monoisotopic (exact) mass is 326 g/mol. The number of hydrogen-bond acceptors (Lipinski definition) is 6. The number of pyridine rings is 1. The number of piperidine rings is 1. The van der Waals surface area contributed by atoms with E-state index in [0.29, 0.717) is 6.01 Å². The van der Waals surface area contributed by atoms with E-state index in [-0.39, 0.29) is 6.10 Å². The summed E-state index contributed by atoms with van der Waals surface area (Å²) in [5, 5.41) is 3.35. The smallest absolute Gasteiger partial charge is 0.316 e. The Balaban J connectivity index is 1.53. The quantitative estimate of drug-likeness (QED) is 0.738. The maximum atomic E-state index is 5.97. The SMILES string of the molecule is Cc1cnc(OC2CCCN(c3nccc4sccc34)C2)nc1. The number of anilines is 1. The molecule has 3 aromatic heterocycles. The molecule has 5 nitrogen and oxygen atoms in total. The standard InChI is InChI=1S/C17H18N4OS/c1-12-9-19-17(20-10-12)22-13-3-2-7-21(11-13)16-14-5-8-23-15(14)4-6-18-16/h4-6,8-10,13H,2-3,7,11H2,1H3. The molecule has 0 aliphatic carbocycles. The zero-order valence-electron chi connectivity index (χ0n) is 13.0. The highest BCUT2D eigenvalue weighted by Gasteiger charge is 2.24. The van der Waals surface area contributed by atoms with Crippen LogP contribution in [0.5, 0.6) is 6.01 Å². The van der Waals surface area contributed by atoms with Crippen molar-refractivity contribution < 1.29 is 4.74 Å². The van der Waals surface area contributed by atoms with Gasteiger partial charge in [-0.15, -0.1) is 11.3 Å². The van der Waals surface area contributed by atoms with Crippen LogP contribution >= 0.6 is 11.3 Å². The predicted molar refractivity (Wildman–Crippen MR) is 92.3 cm³/mol. The second-order valence-corrected chi connectivity index (χ2v) is 6.79. The van der Waals surface area contributed by atoms with E-state index in [0.717, 1.165) is 37.3 Å². The van der Waals surface area contributed by atoms with Gasteiger partial charge in [-0.25, -0.2) is 15.0 Å². The predicted octanol–water partition coefficient (Wildman–Crippen LogP) is 3.44. The Hall–Kier alpha value is -2.21. The van der Waals surface area contributed by atoms with E-state index in [2.05, 4.69) is 37.4 Å². The molecule has 4 heterocycles. The number of nitrogens with zero attached hydrogens (tertiary/aromatic N) is 4. The van der Waals surface area contributed by atoms with E-state index in [1.807, 2.05) is 13.1 Å². The van der Waals surface area contributed by atoms with Crippen LogP contribution in [0.1, 0.15) is 18.4 Å². The average Bonchev–Trinajstić information content (AvgIpc) is 3.06. The minimum absolute atomic E-state index is 0.0992. The van der Waals surface area contributed by atoms with E-state index >= 15 is 0 Å². The maximum absolute atomic E-state index is 5.97. The molecule has 0 spiro atoms. The summed E-state index contributed by atoms with van der Waals surface area (Å²) < 4.78 is 7.24. The Kier molecular flexibility index (Phi) is 3.83. The Bertz CT molecular complexity index is 802. The average molecular weight is 326 g/mol. The summed E-state index contributed by atoms with van der Waals surface area (Å²) >= 11 is 1.75. The third-order valence-corrected chi connectivity index (χ3v) is 4.95. The van der Waals surface area contributed by atoms with E-state index in [4.69, 9.17) is 4.74 Å². The van der Waals surface area contributed by atoms with E-state index in [1.54, 1.807) is 23.7 Å². The number of hydrogen-bond donors (Lipinski definition) is 0. The van der Waals surface area contributed by atoms with Crippen molar-refractivity contribution in [3.8, 4) is 6.01 Å². The highest BCUT2D eigenvalue weighted by atomic mass is 32.1. The van der Waals surface area contributed by atoms with Gasteiger partial charge in [0.15, 0.2) is 0 Å². The van der Waals surface area contributed by atoms with Crippen molar-refractivity contribution in [3.05, 3.63) is 41.7 Å². The lowest BCUT2D eigenvalue weighted by Crippen LogP contribution is -2.41. The normalized spacial score (nSPS) is 18.3. The molecule has 1 aliphatic heterocycles. The molecule has 0 N–H and O–H groups in total. The summed E-state index contributed by atoms with van der Waals surface area (Å²) in [6.45, 7) is 3.80. The Morgan fingerprint density at radius 2 is 2.09 bits per heavy atom. The van der Waals surface area contributed by atoms with Gasteiger partial charge in [-0.05, 0) is 42.8 Å². The summed E-state index contributed by atoms with van der Waals surface area (Å²) in [5.41, 5.74) is 1.04. The molecule has 0 amide bonds. The minimum atomic E-state index is 0.0992. The highest BCUT2D eigenvalue weighted by Crippen LogP contribution is 2.30. The molecule has 23 heavy (non-hydrogen) atoms. The molecule has 0 bridgehead atoms. The maximum Gasteiger partial charge on any atom is 0.316 e. The minimum Gasteiger partial charge on any atom is -0.458 e. The Morgan fingerprint density at radius 1 is 1.22 bits per heavy atom. The molecule has 0 aromatic carbocycles. The topological polar surface area (TPSA) is 51.1 Å². The van der Waals surface area contributed by atoms with Crippen LogP contribution in [0.15, 0.2) is 36.1 Å². The third-order valence-electron chi connectivity index (χ3n) is 4.07. The lowest BCUT2D eigenvalue weighted by atomic mass is 10.1. The van der Waals surface area contributed by atoms with Gasteiger partial charge in [-0.2, -0.15) is 0 Å². The van der Waals surface area contributed by atoms with Gasteiger partial charge in [-0.3, -0.25) is 0 Å². The lowest BCUT2D eigenvalue weighted by molar-refractivity contribution is 0.164. The molecular weight excluding hydrogens is 308 g/mol.